The number of nitrogens with one attached hydrogen (secondary N) is 1. The third-order valence-corrected chi connectivity index (χ3v) is 6.52. The molecular formula is C22H32N2O3. The maximum absolute atomic E-state index is 12.4. The summed E-state index contributed by atoms with van der Waals surface area (Å²) in [5.74, 6) is 0.792. The van der Waals surface area contributed by atoms with Crippen LogP contribution in [0, 0.1) is 0 Å². The highest BCUT2D eigenvalue weighted by atomic mass is 16.5. The summed E-state index contributed by atoms with van der Waals surface area (Å²) in [7, 11) is 0. The summed E-state index contributed by atoms with van der Waals surface area (Å²) in [4.78, 5) is 15.0. The molecule has 2 fully saturated rings. The number of morpholine rings is 1. The van der Waals surface area contributed by atoms with E-state index in [9.17, 15) is 4.79 Å². The highest BCUT2D eigenvalue weighted by Gasteiger charge is 2.38. The molecule has 1 heterocycles. The third kappa shape index (κ3) is 4.46. The van der Waals surface area contributed by atoms with Crippen molar-refractivity contribution in [3.8, 4) is 5.75 Å². The minimum Gasteiger partial charge on any atom is -0.484 e. The first-order chi connectivity index (χ1) is 13.3. The Kier molecular flexibility index (Phi) is 5.98. The molecule has 148 valence electrons. The summed E-state index contributed by atoms with van der Waals surface area (Å²) in [5, 5.41) is 3.17. The van der Waals surface area contributed by atoms with E-state index < -0.39 is 0 Å². The van der Waals surface area contributed by atoms with Crippen LogP contribution in [-0.4, -0.2) is 55.8 Å². The number of aryl methyl sites for hydroxylation is 2. The topological polar surface area (TPSA) is 50.8 Å². The van der Waals surface area contributed by atoms with E-state index in [0.717, 1.165) is 45.0 Å². The number of rotatable bonds is 6. The van der Waals surface area contributed by atoms with Crippen LogP contribution in [0.5, 0.6) is 5.75 Å². The van der Waals surface area contributed by atoms with E-state index in [0.29, 0.717) is 0 Å². The number of amides is 1. The Morgan fingerprint density at radius 3 is 2.67 bits per heavy atom. The molecule has 0 aromatic heterocycles. The van der Waals surface area contributed by atoms with E-state index in [2.05, 4.69) is 22.3 Å². The Hall–Kier alpha value is -1.59. The van der Waals surface area contributed by atoms with Crippen LogP contribution < -0.4 is 10.1 Å². The Balaban J connectivity index is 1.30. The summed E-state index contributed by atoms with van der Waals surface area (Å²) in [6.07, 6.45) is 9.65. The van der Waals surface area contributed by atoms with Gasteiger partial charge in [0.25, 0.3) is 5.91 Å². The van der Waals surface area contributed by atoms with Crippen LogP contribution in [0.25, 0.3) is 0 Å². The van der Waals surface area contributed by atoms with Gasteiger partial charge in [0.1, 0.15) is 5.75 Å². The van der Waals surface area contributed by atoms with Gasteiger partial charge in [0.15, 0.2) is 6.61 Å². The SMILES string of the molecule is O=C(COc1ccc2c(c1)CCC2)NCC1(N2CCOCC2)CCCCC1. The molecule has 0 atom stereocenters. The molecule has 1 N–H and O–H groups in total. The molecule has 1 aromatic rings. The van der Waals surface area contributed by atoms with Gasteiger partial charge in [-0.1, -0.05) is 25.3 Å². The summed E-state index contributed by atoms with van der Waals surface area (Å²) in [6.45, 7) is 4.37. The van der Waals surface area contributed by atoms with Crippen molar-refractivity contribution in [1.29, 1.82) is 0 Å². The van der Waals surface area contributed by atoms with Crippen molar-refractivity contribution >= 4 is 5.91 Å². The van der Waals surface area contributed by atoms with E-state index in [1.165, 1.54) is 56.1 Å². The summed E-state index contributed by atoms with van der Waals surface area (Å²) in [6, 6.07) is 6.24. The fourth-order valence-electron chi connectivity index (χ4n) is 4.95. The summed E-state index contributed by atoms with van der Waals surface area (Å²) in [5.41, 5.74) is 2.91. The molecule has 2 aliphatic carbocycles. The van der Waals surface area contributed by atoms with Crippen LogP contribution in [0.3, 0.4) is 0 Å². The quantitative estimate of drug-likeness (QED) is 0.834. The lowest BCUT2D eigenvalue weighted by molar-refractivity contribution is -0.124. The Labute approximate surface area is 162 Å². The van der Waals surface area contributed by atoms with E-state index in [-0.39, 0.29) is 18.1 Å². The second-order valence-corrected chi connectivity index (χ2v) is 8.23. The van der Waals surface area contributed by atoms with Crippen molar-refractivity contribution in [3.05, 3.63) is 29.3 Å². The fourth-order valence-corrected chi connectivity index (χ4v) is 4.95. The van der Waals surface area contributed by atoms with Crippen LogP contribution in [0.15, 0.2) is 18.2 Å². The van der Waals surface area contributed by atoms with Gasteiger partial charge in [-0.2, -0.15) is 0 Å². The number of fused-ring (bicyclic) bond motifs is 1. The van der Waals surface area contributed by atoms with Gasteiger partial charge < -0.3 is 14.8 Å². The van der Waals surface area contributed by atoms with Gasteiger partial charge in [0, 0.05) is 25.2 Å². The zero-order chi connectivity index (χ0) is 18.5. The maximum Gasteiger partial charge on any atom is 0.258 e. The highest BCUT2D eigenvalue weighted by Crippen LogP contribution is 2.34. The second kappa shape index (κ2) is 8.61. The first kappa shape index (κ1) is 18.8. The van der Waals surface area contributed by atoms with Crippen molar-refractivity contribution < 1.29 is 14.3 Å². The molecule has 1 saturated carbocycles. The molecule has 1 saturated heterocycles. The van der Waals surface area contributed by atoms with Crippen molar-refractivity contribution in [2.75, 3.05) is 39.5 Å². The predicted octanol–water partition coefficient (Wildman–Crippen LogP) is 2.71. The first-order valence-corrected chi connectivity index (χ1v) is 10.6. The van der Waals surface area contributed by atoms with Gasteiger partial charge >= 0.3 is 0 Å². The zero-order valence-corrected chi connectivity index (χ0v) is 16.3. The molecule has 5 heteroatoms. The van der Waals surface area contributed by atoms with Gasteiger partial charge in [-0.3, -0.25) is 9.69 Å². The number of nitrogens with zero attached hydrogens (tertiary/aromatic N) is 1. The van der Waals surface area contributed by atoms with Crippen molar-refractivity contribution in [3.63, 3.8) is 0 Å². The van der Waals surface area contributed by atoms with Crippen molar-refractivity contribution in [1.82, 2.24) is 10.2 Å². The molecule has 0 unspecified atom stereocenters. The van der Waals surface area contributed by atoms with E-state index in [4.69, 9.17) is 9.47 Å². The van der Waals surface area contributed by atoms with Gasteiger partial charge in [-0.25, -0.2) is 0 Å². The molecule has 27 heavy (non-hydrogen) atoms. The van der Waals surface area contributed by atoms with Crippen molar-refractivity contribution in [2.45, 2.75) is 56.9 Å². The minimum atomic E-state index is -0.0197. The third-order valence-electron chi connectivity index (χ3n) is 6.52. The monoisotopic (exact) mass is 372 g/mol. The number of carbonyl (C=O) groups excluding carboxylic acids is 1. The maximum atomic E-state index is 12.4. The summed E-state index contributed by atoms with van der Waals surface area (Å²) >= 11 is 0. The molecule has 4 rings (SSSR count). The Morgan fingerprint density at radius 1 is 1.07 bits per heavy atom. The predicted molar refractivity (Wildman–Crippen MR) is 105 cm³/mol. The average Bonchev–Trinajstić information content (AvgIpc) is 3.20. The number of carbonyl (C=O) groups is 1. The molecule has 1 amide bonds. The number of hydrogen-bond donors (Lipinski definition) is 1. The van der Waals surface area contributed by atoms with E-state index in [1.54, 1.807) is 0 Å². The lowest BCUT2D eigenvalue weighted by Gasteiger charge is -2.48. The Morgan fingerprint density at radius 2 is 1.85 bits per heavy atom. The zero-order valence-electron chi connectivity index (χ0n) is 16.3. The minimum absolute atomic E-state index is 0.0197. The number of hydrogen-bond acceptors (Lipinski definition) is 4. The lowest BCUT2D eigenvalue weighted by atomic mass is 9.79. The molecule has 3 aliphatic rings. The number of ether oxygens (including phenoxy) is 2. The molecule has 0 radical (unpaired) electrons. The molecule has 0 bridgehead atoms. The lowest BCUT2D eigenvalue weighted by Crippen LogP contribution is -2.60. The smallest absolute Gasteiger partial charge is 0.258 e. The molecule has 1 aliphatic heterocycles. The Bertz CT molecular complexity index is 649. The number of benzene rings is 1. The summed E-state index contributed by atoms with van der Waals surface area (Å²) < 4.78 is 11.3. The van der Waals surface area contributed by atoms with Crippen LogP contribution in [0.1, 0.15) is 49.7 Å². The van der Waals surface area contributed by atoms with Gasteiger partial charge in [0.05, 0.1) is 13.2 Å². The molecular weight excluding hydrogens is 340 g/mol. The van der Waals surface area contributed by atoms with Crippen LogP contribution in [-0.2, 0) is 22.4 Å². The molecule has 5 nitrogen and oxygen atoms in total. The van der Waals surface area contributed by atoms with E-state index in [1.807, 2.05) is 6.07 Å². The average molecular weight is 373 g/mol. The van der Waals surface area contributed by atoms with Crippen LogP contribution in [0.4, 0.5) is 0 Å². The standard InChI is InChI=1S/C22H32N2O3/c25-21(16-27-20-8-7-18-5-4-6-19(18)15-20)23-17-22(9-2-1-3-10-22)24-11-13-26-14-12-24/h7-8,15H,1-6,9-14,16-17H2,(H,23,25). The van der Waals surface area contributed by atoms with Gasteiger partial charge in [0.2, 0.25) is 0 Å². The first-order valence-electron chi connectivity index (χ1n) is 10.6. The largest absolute Gasteiger partial charge is 0.484 e. The molecule has 0 spiro atoms. The van der Waals surface area contributed by atoms with Gasteiger partial charge in [-0.15, -0.1) is 0 Å². The van der Waals surface area contributed by atoms with Crippen LogP contribution in [0.2, 0.25) is 0 Å². The molecule has 1 aromatic carbocycles. The fraction of sp³-hybridized carbons (Fsp3) is 0.682. The van der Waals surface area contributed by atoms with Crippen LogP contribution >= 0.6 is 0 Å². The van der Waals surface area contributed by atoms with E-state index >= 15 is 0 Å². The van der Waals surface area contributed by atoms with Crippen molar-refractivity contribution in [2.24, 2.45) is 0 Å². The normalized spacial score (nSPS) is 22.2. The second-order valence-electron chi connectivity index (χ2n) is 8.23. The highest BCUT2D eigenvalue weighted by molar-refractivity contribution is 5.77. The van der Waals surface area contributed by atoms with Gasteiger partial charge in [-0.05, 0) is 55.4 Å².